The van der Waals surface area contributed by atoms with Crippen LogP contribution in [0, 0.1) is 23.7 Å². The molecule has 4 atom stereocenters. The lowest BCUT2D eigenvalue weighted by Gasteiger charge is -2.18. The van der Waals surface area contributed by atoms with Gasteiger partial charge in [0.25, 0.3) is 0 Å². The maximum absolute atomic E-state index is 12.7. The van der Waals surface area contributed by atoms with Crippen molar-refractivity contribution in [3.05, 3.63) is 42.0 Å². The molecule has 4 unspecified atom stereocenters. The summed E-state index contributed by atoms with van der Waals surface area (Å²) in [6, 6.07) is 8.36. The molecule has 0 radical (unpaired) electrons. The number of guanidine groups is 1. The van der Waals surface area contributed by atoms with Gasteiger partial charge in [-0.25, -0.2) is 4.99 Å². The molecule has 154 valence electrons. The molecule has 1 aromatic carbocycles. The maximum atomic E-state index is 12.7. The van der Waals surface area contributed by atoms with Gasteiger partial charge < -0.3 is 10.6 Å². The molecule has 1 aliphatic heterocycles. The van der Waals surface area contributed by atoms with E-state index in [1.807, 2.05) is 6.92 Å². The minimum Gasteiger partial charge on any atom is -0.357 e. The van der Waals surface area contributed by atoms with Crippen LogP contribution in [0.1, 0.15) is 18.9 Å². The van der Waals surface area contributed by atoms with Crippen molar-refractivity contribution < 1.29 is 9.59 Å². The molecule has 1 saturated carbocycles. The Morgan fingerprint density at radius 2 is 1.76 bits per heavy atom. The largest absolute Gasteiger partial charge is 0.357 e. The van der Waals surface area contributed by atoms with Gasteiger partial charge >= 0.3 is 0 Å². The summed E-state index contributed by atoms with van der Waals surface area (Å²) >= 11 is 1.72. The fraction of sp³-hybridized carbons (Fsp3) is 0.500. The Bertz CT molecular complexity index is 806. The van der Waals surface area contributed by atoms with Gasteiger partial charge in [0.15, 0.2) is 5.96 Å². The zero-order valence-corrected chi connectivity index (χ0v) is 17.7. The van der Waals surface area contributed by atoms with Crippen LogP contribution in [0.5, 0.6) is 0 Å². The SMILES string of the molecule is CCNC(=NCc1ccc(SC)cc1)NCCN1C(=O)C2C3C=CC(C3)C2C1=O. The fourth-order valence-electron chi connectivity index (χ4n) is 4.71. The molecule has 4 rings (SSSR count). The Hall–Kier alpha value is -2.28. The number of likely N-dealkylation sites (tertiary alicyclic amines) is 1. The Kier molecular flexibility index (Phi) is 5.94. The highest BCUT2D eigenvalue weighted by atomic mass is 32.2. The van der Waals surface area contributed by atoms with Crippen molar-refractivity contribution in [2.75, 3.05) is 25.9 Å². The third kappa shape index (κ3) is 3.92. The number of carbonyl (C=O) groups is 2. The van der Waals surface area contributed by atoms with Crippen molar-refractivity contribution in [2.45, 2.75) is 24.8 Å². The number of amides is 2. The number of carbonyl (C=O) groups excluding carboxylic acids is 2. The van der Waals surface area contributed by atoms with Crippen molar-refractivity contribution in [1.29, 1.82) is 0 Å². The average Bonchev–Trinajstić information content (AvgIpc) is 3.42. The molecule has 0 aromatic heterocycles. The van der Waals surface area contributed by atoms with E-state index in [0.717, 1.165) is 18.5 Å². The third-order valence-corrected chi connectivity index (χ3v) is 6.86. The number of imide groups is 1. The molecule has 1 aromatic rings. The number of nitrogens with one attached hydrogen (secondary N) is 2. The van der Waals surface area contributed by atoms with Crippen molar-refractivity contribution in [3.63, 3.8) is 0 Å². The Balaban J connectivity index is 1.31. The first-order valence-electron chi connectivity index (χ1n) is 10.3. The number of benzene rings is 1. The zero-order valence-electron chi connectivity index (χ0n) is 16.9. The summed E-state index contributed by atoms with van der Waals surface area (Å²) in [6.45, 7) is 4.22. The van der Waals surface area contributed by atoms with Gasteiger partial charge in [-0.2, -0.15) is 0 Å². The van der Waals surface area contributed by atoms with E-state index in [1.165, 1.54) is 9.80 Å². The number of nitrogens with zero attached hydrogens (tertiary/aromatic N) is 2. The summed E-state index contributed by atoms with van der Waals surface area (Å²) in [6.07, 6.45) is 7.28. The van der Waals surface area contributed by atoms with Gasteiger partial charge in [0.2, 0.25) is 11.8 Å². The summed E-state index contributed by atoms with van der Waals surface area (Å²) in [5.74, 6) is 0.991. The number of aliphatic imine (C=N–C) groups is 1. The standard InChI is InChI=1S/C22H28N4O2S/c1-3-23-22(25-13-14-4-8-17(29-2)9-5-14)24-10-11-26-20(27)18-15-6-7-16(12-15)19(18)21(26)28/h4-9,15-16,18-19H,3,10-13H2,1-2H3,(H2,23,24,25). The lowest BCUT2D eigenvalue weighted by molar-refractivity contribution is -0.140. The lowest BCUT2D eigenvalue weighted by Crippen LogP contribution is -2.43. The van der Waals surface area contributed by atoms with Crippen molar-refractivity contribution in [3.8, 4) is 0 Å². The average molecular weight is 413 g/mol. The van der Waals surface area contributed by atoms with Gasteiger partial charge in [-0.05, 0) is 49.1 Å². The monoisotopic (exact) mass is 412 g/mol. The Morgan fingerprint density at radius 1 is 1.10 bits per heavy atom. The quantitative estimate of drug-likeness (QED) is 0.236. The summed E-state index contributed by atoms with van der Waals surface area (Å²) in [7, 11) is 0. The molecule has 6 nitrogen and oxygen atoms in total. The topological polar surface area (TPSA) is 73.8 Å². The minimum atomic E-state index is -0.122. The first kappa shape index (κ1) is 20.0. The normalized spacial score (nSPS) is 27.7. The Morgan fingerprint density at radius 3 is 2.34 bits per heavy atom. The highest BCUT2D eigenvalue weighted by Crippen LogP contribution is 2.52. The van der Waals surface area contributed by atoms with Crippen LogP contribution in [0.3, 0.4) is 0 Å². The smallest absolute Gasteiger partial charge is 0.233 e. The number of fused-ring (bicyclic) bond motifs is 5. The van der Waals surface area contributed by atoms with Gasteiger partial charge in [-0.1, -0.05) is 24.3 Å². The van der Waals surface area contributed by atoms with Crippen molar-refractivity contribution in [1.82, 2.24) is 15.5 Å². The van der Waals surface area contributed by atoms with Crippen LogP contribution in [0.4, 0.5) is 0 Å². The van der Waals surface area contributed by atoms with E-state index in [2.05, 4.69) is 58.3 Å². The van der Waals surface area contributed by atoms with Crippen LogP contribution in [-0.4, -0.2) is 48.6 Å². The van der Waals surface area contributed by atoms with E-state index >= 15 is 0 Å². The van der Waals surface area contributed by atoms with Crippen LogP contribution < -0.4 is 10.6 Å². The lowest BCUT2D eigenvalue weighted by atomic mass is 9.85. The van der Waals surface area contributed by atoms with E-state index in [1.54, 1.807) is 11.8 Å². The molecule has 2 bridgehead atoms. The predicted octanol–water partition coefficient (Wildman–Crippen LogP) is 2.27. The van der Waals surface area contributed by atoms with Crippen LogP contribution >= 0.6 is 11.8 Å². The number of hydrogen-bond acceptors (Lipinski definition) is 4. The molecule has 7 heteroatoms. The van der Waals surface area contributed by atoms with Crippen LogP contribution in [0.25, 0.3) is 0 Å². The van der Waals surface area contributed by atoms with Gasteiger partial charge in [0, 0.05) is 24.5 Å². The van der Waals surface area contributed by atoms with Crippen LogP contribution in [0.2, 0.25) is 0 Å². The highest BCUT2D eigenvalue weighted by molar-refractivity contribution is 7.98. The predicted molar refractivity (Wildman–Crippen MR) is 115 cm³/mol. The fourth-order valence-corrected chi connectivity index (χ4v) is 5.12. The Labute approximate surface area is 176 Å². The van der Waals surface area contributed by atoms with Crippen LogP contribution in [-0.2, 0) is 16.1 Å². The molecule has 2 fully saturated rings. The molecule has 0 spiro atoms. The molecular weight excluding hydrogens is 384 g/mol. The molecule has 1 saturated heterocycles. The van der Waals surface area contributed by atoms with Gasteiger partial charge in [0.05, 0.1) is 18.4 Å². The first-order chi connectivity index (χ1) is 14.1. The molecule has 2 N–H and O–H groups in total. The van der Waals surface area contributed by atoms with E-state index in [-0.39, 0.29) is 35.5 Å². The molecule has 1 heterocycles. The number of allylic oxidation sites excluding steroid dienone is 2. The maximum Gasteiger partial charge on any atom is 0.233 e. The minimum absolute atomic E-state index is 0.00877. The van der Waals surface area contributed by atoms with Gasteiger partial charge in [0.1, 0.15) is 0 Å². The molecule has 29 heavy (non-hydrogen) atoms. The summed E-state index contributed by atoms with van der Waals surface area (Å²) < 4.78 is 0. The van der Waals surface area contributed by atoms with Crippen LogP contribution in [0.15, 0.2) is 46.3 Å². The number of rotatable bonds is 7. The van der Waals surface area contributed by atoms with Gasteiger partial charge in [-0.15, -0.1) is 11.8 Å². The molecule has 2 aliphatic carbocycles. The van der Waals surface area contributed by atoms with E-state index in [9.17, 15) is 9.59 Å². The molecular formula is C22H28N4O2S. The first-order valence-corrected chi connectivity index (χ1v) is 11.5. The summed E-state index contributed by atoms with van der Waals surface area (Å²) in [5.41, 5.74) is 1.14. The third-order valence-electron chi connectivity index (χ3n) is 6.11. The molecule has 3 aliphatic rings. The van der Waals surface area contributed by atoms with E-state index < -0.39 is 0 Å². The summed E-state index contributed by atoms with van der Waals surface area (Å²) in [5, 5.41) is 6.48. The zero-order chi connectivity index (χ0) is 20.4. The van der Waals surface area contributed by atoms with Crippen molar-refractivity contribution >= 4 is 29.5 Å². The van der Waals surface area contributed by atoms with E-state index in [4.69, 9.17) is 0 Å². The van der Waals surface area contributed by atoms with E-state index in [0.29, 0.717) is 25.6 Å². The molecule has 2 amide bonds. The van der Waals surface area contributed by atoms with Gasteiger partial charge in [-0.3, -0.25) is 14.5 Å². The highest BCUT2D eigenvalue weighted by Gasteiger charge is 2.58. The number of thioether (sulfide) groups is 1. The van der Waals surface area contributed by atoms with Crippen molar-refractivity contribution in [2.24, 2.45) is 28.7 Å². The summed E-state index contributed by atoms with van der Waals surface area (Å²) in [4.78, 5) is 32.8. The number of hydrogen-bond donors (Lipinski definition) is 2. The second-order valence-electron chi connectivity index (χ2n) is 7.80. The second kappa shape index (κ2) is 8.61. The second-order valence-corrected chi connectivity index (χ2v) is 8.68.